The zero-order valence-electron chi connectivity index (χ0n) is 13.3. The molecule has 2 aromatic rings. The molecule has 1 aromatic heterocycles. The molecule has 0 radical (unpaired) electrons. The van der Waals surface area contributed by atoms with E-state index in [-0.39, 0.29) is 11.9 Å². The number of aryl methyl sites for hydroxylation is 1. The van der Waals surface area contributed by atoms with Gasteiger partial charge in [-0.05, 0) is 25.3 Å². The first-order valence-corrected chi connectivity index (χ1v) is 8.26. The van der Waals surface area contributed by atoms with Crippen molar-refractivity contribution in [2.45, 2.75) is 39.3 Å². The van der Waals surface area contributed by atoms with Crippen LogP contribution in [0.3, 0.4) is 0 Å². The lowest BCUT2D eigenvalue weighted by Crippen LogP contribution is -2.30. The van der Waals surface area contributed by atoms with Crippen LogP contribution in [0.1, 0.15) is 30.8 Å². The first kappa shape index (κ1) is 16.6. The van der Waals surface area contributed by atoms with Crippen molar-refractivity contribution >= 4 is 17.2 Å². The van der Waals surface area contributed by atoms with Crippen molar-refractivity contribution in [3.05, 3.63) is 40.2 Å². The number of thiazole rings is 1. The fraction of sp³-hybridized carbons (Fsp3) is 0.412. The molecule has 2 rings (SSSR count). The predicted octanol–water partition coefficient (Wildman–Crippen LogP) is 3.41. The third-order valence-corrected chi connectivity index (χ3v) is 4.21. The van der Waals surface area contributed by atoms with Gasteiger partial charge in [-0.2, -0.15) is 0 Å². The van der Waals surface area contributed by atoms with Gasteiger partial charge in [0, 0.05) is 31.0 Å². The Labute approximate surface area is 135 Å². The lowest BCUT2D eigenvalue weighted by atomic mass is 10.0. The van der Waals surface area contributed by atoms with Crippen molar-refractivity contribution in [3.8, 4) is 11.3 Å². The van der Waals surface area contributed by atoms with Crippen LogP contribution in [0.5, 0.6) is 0 Å². The van der Waals surface area contributed by atoms with E-state index >= 15 is 0 Å². The highest BCUT2D eigenvalue weighted by Gasteiger charge is 2.06. The molecule has 1 N–H and O–H groups in total. The lowest BCUT2D eigenvalue weighted by molar-refractivity contribution is -0.119. The van der Waals surface area contributed by atoms with Crippen LogP contribution >= 0.6 is 11.3 Å². The van der Waals surface area contributed by atoms with Gasteiger partial charge < -0.3 is 10.1 Å². The van der Waals surface area contributed by atoms with Crippen LogP contribution in [0, 0.1) is 0 Å². The van der Waals surface area contributed by atoms with Crippen molar-refractivity contribution in [3.63, 3.8) is 0 Å². The number of nitrogens with one attached hydrogen (secondary N) is 1. The first-order valence-electron chi connectivity index (χ1n) is 7.38. The smallest absolute Gasteiger partial charge is 0.217 e. The molecule has 0 saturated carbocycles. The van der Waals surface area contributed by atoms with Crippen LogP contribution in [0.15, 0.2) is 29.6 Å². The minimum atomic E-state index is 0.0262. The summed E-state index contributed by atoms with van der Waals surface area (Å²) in [6.07, 6.45) is 1.89. The van der Waals surface area contributed by atoms with E-state index in [1.165, 1.54) is 5.56 Å². The molecule has 22 heavy (non-hydrogen) atoms. The molecule has 0 unspecified atom stereocenters. The Morgan fingerprint density at radius 2 is 2.09 bits per heavy atom. The summed E-state index contributed by atoms with van der Waals surface area (Å²) in [5.74, 6) is 0.0262. The molecule has 1 atom stereocenters. The second-order valence-corrected chi connectivity index (χ2v) is 6.34. The number of nitrogens with zero attached hydrogens (tertiary/aromatic N) is 1. The number of aromatic nitrogens is 1. The van der Waals surface area contributed by atoms with Crippen LogP contribution in [-0.4, -0.2) is 24.0 Å². The Hall–Kier alpha value is -1.72. The molecule has 4 nitrogen and oxygen atoms in total. The molecule has 5 heteroatoms. The van der Waals surface area contributed by atoms with E-state index in [0.717, 1.165) is 29.1 Å². The molecule has 0 saturated heterocycles. The van der Waals surface area contributed by atoms with Gasteiger partial charge in [0.25, 0.3) is 0 Å². The van der Waals surface area contributed by atoms with E-state index in [2.05, 4.69) is 39.9 Å². The van der Waals surface area contributed by atoms with Gasteiger partial charge in [0.15, 0.2) is 0 Å². The van der Waals surface area contributed by atoms with Crippen molar-refractivity contribution in [2.75, 3.05) is 7.11 Å². The Kier molecular flexibility index (Phi) is 6.10. The molecule has 1 aromatic carbocycles. The molecular formula is C17H22N2O2S. The first-order chi connectivity index (χ1) is 10.6. The van der Waals surface area contributed by atoms with E-state index in [1.54, 1.807) is 25.4 Å². The third-order valence-electron chi connectivity index (χ3n) is 3.38. The average molecular weight is 318 g/mol. The minimum Gasteiger partial charge on any atom is -0.378 e. The van der Waals surface area contributed by atoms with E-state index in [1.807, 2.05) is 6.92 Å². The fourth-order valence-electron chi connectivity index (χ4n) is 2.28. The second-order valence-electron chi connectivity index (χ2n) is 5.40. The van der Waals surface area contributed by atoms with Gasteiger partial charge in [-0.3, -0.25) is 4.79 Å². The lowest BCUT2D eigenvalue weighted by Gasteiger charge is -2.12. The molecule has 0 aliphatic heterocycles. The number of rotatable bonds is 7. The van der Waals surface area contributed by atoms with Crippen LogP contribution in [0.4, 0.5) is 0 Å². The standard InChI is InChI=1S/C17H22N2O2S/c1-12(18-13(2)20)4-5-14-6-8-15(9-7-14)16-11-22-17(19-16)10-21-3/h6-9,11-12H,4-5,10H2,1-3H3,(H,18,20)/t12-/m1/s1. The number of ether oxygens (including phenoxy) is 1. The number of benzene rings is 1. The summed E-state index contributed by atoms with van der Waals surface area (Å²) in [6.45, 7) is 4.14. The number of hydrogen-bond donors (Lipinski definition) is 1. The van der Waals surface area contributed by atoms with Crippen LogP contribution in [0.2, 0.25) is 0 Å². The second kappa shape index (κ2) is 8.06. The summed E-state index contributed by atoms with van der Waals surface area (Å²) in [6, 6.07) is 8.66. The van der Waals surface area contributed by atoms with Crippen molar-refractivity contribution in [1.29, 1.82) is 0 Å². The number of carbonyl (C=O) groups excluding carboxylic acids is 1. The molecule has 0 aliphatic carbocycles. The average Bonchev–Trinajstić information content (AvgIpc) is 2.94. The predicted molar refractivity (Wildman–Crippen MR) is 89.9 cm³/mol. The van der Waals surface area contributed by atoms with Gasteiger partial charge in [0.05, 0.1) is 12.3 Å². The number of carbonyl (C=O) groups is 1. The third kappa shape index (κ3) is 4.93. The Morgan fingerprint density at radius 1 is 1.36 bits per heavy atom. The molecule has 0 fully saturated rings. The summed E-state index contributed by atoms with van der Waals surface area (Å²) in [5, 5.41) is 5.95. The number of hydrogen-bond acceptors (Lipinski definition) is 4. The SMILES string of the molecule is COCc1nc(-c2ccc(CC[C@@H](C)NC(C)=O)cc2)cs1. The highest BCUT2D eigenvalue weighted by Crippen LogP contribution is 2.23. The van der Waals surface area contributed by atoms with Gasteiger partial charge in [-0.1, -0.05) is 24.3 Å². The van der Waals surface area contributed by atoms with Gasteiger partial charge in [-0.15, -0.1) is 11.3 Å². The van der Waals surface area contributed by atoms with E-state index < -0.39 is 0 Å². The summed E-state index contributed by atoms with van der Waals surface area (Å²) >= 11 is 1.62. The minimum absolute atomic E-state index is 0.0262. The molecule has 0 aliphatic rings. The van der Waals surface area contributed by atoms with Crippen molar-refractivity contribution in [1.82, 2.24) is 10.3 Å². The molecule has 0 bridgehead atoms. The molecule has 1 amide bonds. The Bertz CT molecular complexity index is 607. The van der Waals surface area contributed by atoms with Gasteiger partial charge in [-0.25, -0.2) is 4.98 Å². The summed E-state index contributed by atoms with van der Waals surface area (Å²) < 4.78 is 5.10. The molecular weight excluding hydrogens is 296 g/mol. The zero-order chi connectivity index (χ0) is 15.9. The van der Waals surface area contributed by atoms with E-state index in [0.29, 0.717) is 6.61 Å². The van der Waals surface area contributed by atoms with Crippen LogP contribution in [0.25, 0.3) is 11.3 Å². The molecule has 1 heterocycles. The van der Waals surface area contributed by atoms with Crippen molar-refractivity contribution in [2.24, 2.45) is 0 Å². The Balaban J connectivity index is 1.93. The highest BCUT2D eigenvalue weighted by atomic mass is 32.1. The number of methoxy groups -OCH3 is 1. The topological polar surface area (TPSA) is 51.2 Å². The zero-order valence-corrected chi connectivity index (χ0v) is 14.1. The summed E-state index contributed by atoms with van der Waals surface area (Å²) in [4.78, 5) is 15.5. The van der Waals surface area contributed by atoms with E-state index in [4.69, 9.17) is 4.74 Å². The summed E-state index contributed by atoms with van der Waals surface area (Å²) in [5.41, 5.74) is 3.39. The van der Waals surface area contributed by atoms with Gasteiger partial charge >= 0.3 is 0 Å². The quantitative estimate of drug-likeness (QED) is 0.851. The normalized spacial score (nSPS) is 12.1. The molecule has 118 valence electrons. The van der Waals surface area contributed by atoms with Crippen LogP contribution in [-0.2, 0) is 22.6 Å². The maximum absolute atomic E-state index is 11.0. The maximum atomic E-state index is 11.0. The van der Waals surface area contributed by atoms with Gasteiger partial charge in [0.2, 0.25) is 5.91 Å². The summed E-state index contributed by atoms with van der Waals surface area (Å²) in [7, 11) is 1.68. The number of amides is 1. The van der Waals surface area contributed by atoms with Gasteiger partial charge in [0.1, 0.15) is 5.01 Å². The van der Waals surface area contributed by atoms with Crippen LogP contribution < -0.4 is 5.32 Å². The van der Waals surface area contributed by atoms with Crippen molar-refractivity contribution < 1.29 is 9.53 Å². The maximum Gasteiger partial charge on any atom is 0.217 e. The highest BCUT2D eigenvalue weighted by molar-refractivity contribution is 7.09. The molecule has 0 spiro atoms. The fourth-order valence-corrected chi connectivity index (χ4v) is 3.05. The Morgan fingerprint density at radius 3 is 2.73 bits per heavy atom. The largest absolute Gasteiger partial charge is 0.378 e. The monoisotopic (exact) mass is 318 g/mol. The van der Waals surface area contributed by atoms with E-state index in [9.17, 15) is 4.79 Å².